The van der Waals surface area contributed by atoms with Crippen molar-refractivity contribution >= 4 is 0 Å². The number of rotatable bonds is 7. The van der Waals surface area contributed by atoms with Gasteiger partial charge in [-0.25, -0.2) is 9.37 Å². The molecular formula is C23H26FN3O2. The summed E-state index contributed by atoms with van der Waals surface area (Å²) in [6.07, 6.45) is 7.29. The van der Waals surface area contributed by atoms with Crippen LogP contribution in [0.15, 0.2) is 61.2 Å². The normalized spacial score (nSPS) is 13.7. The number of alkyl halides is 1. The van der Waals surface area contributed by atoms with Gasteiger partial charge in [-0.2, -0.15) is 0 Å². The van der Waals surface area contributed by atoms with Crippen molar-refractivity contribution in [1.82, 2.24) is 15.0 Å². The van der Waals surface area contributed by atoms with Crippen molar-refractivity contribution < 1.29 is 14.2 Å². The minimum Gasteiger partial charge on any atom is -0.475 e. The Balaban J connectivity index is 1.86. The van der Waals surface area contributed by atoms with Crippen molar-refractivity contribution in [3.63, 3.8) is 0 Å². The van der Waals surface area contributed by atoms with Crippen LogP contribution in [0.4, 0.5) is 4.39 Å². The first-order valence-electron chi connectivity index (χ1n) is 9.56. The Bertz CT molecular complexity index is 910. The summed E-state index contributed by atoms with van der Waals surface area (Å²) in [6, 6.07) is 11.1. The van der Waals surface area contributed by atoms with Gasteiger partial charge in [0.25, 0.3) is 0 Å². The van der Waals surface area contributed by atoms with Gasteiger partial charge in [-0.3, -0.25) is 9.97 Å². The Hall–Kier alpha value is -2.86. The number of hydrogen-bond donors (Lipinski definition) is 1. The van der Waals surface area contributed by atoms with Gasteiger partial charge in [0, 0.05) is 48.4 Å². The van der Waals surface area contributed by atoms with Gasteiger partial charge >= 0.3 is 0 Å². The van der Waals surface area contributed by atoms with Gasteiger partial charge in [-0.05, 0) is 29.2 Å². The monoisotopic (exact) mass is 395 g/mol. The largest absolute Gasteiger partial charge is 0.475 e. The SMILES string of the molecule is CC(C)(C)C(O)(Cc1cccnc1)c1ccc(-c2ccc(OCCF)nc2)cn1. The molecule has 0 fully saturated rings. The zero-order chi connectivity index (χ0) is 20.9. The van der Waals surface area contributed by atoms with E-state index in [0.29, 0.717) is 18.0 Å². The van der Waals surface area contributed by atoms with Gasteiger partial charge in [0.15, 0.2) is 0 Å². The number of aliphatic hydroxyl groups is 1. The Morgan fingerprint density at radius 1 is 0.966 bits per heavy atom. The number of ether oxygens (including phenoxy) is 1. The van der Waals surface area contributed by atoms with Crippen molar-refractivity contribution in [3.8, 4) is 17.0 Å². The summed E-state index contributed by atoms with van der Waals surface area (Å²) in [7, 11) is 0. The molecule has 0 aliphatic heterocycles. The molecule has 0 radical (unpaired) electrons. The van der Waals surface area contributed by atoms with E-state index in [1.807, 2.05) is 51.1 Å². The first-order valence-corrected chi connectivity index (χ1v) is 9.56. The molecule has 3 heterocycles. The van der Waals surface area contributed by atoms with Crippen molar-refractivity contribution in [2.75, 3.05) is 13.3 Å². The smallest absolute Gasteiger partial charge is 0.213 e. The Morgan fingerprint density at radius 3 is 2.21 bits per heavy atom. The van der Waals surface area contributed by atoms with Crippen molar-refractivity contribution in [2.24, 2.45) is 5.41 Å². The van der Waals surface area contributed by atoms with Crippen LogP contribution < -0.4 is 4.74 Å². The van der Waals surface area contributed by atoms with Crippen molar-refractivity contribution in [1.29, 1.82) is 0 Å². The van der Waals surface area contributed by atoms with Gasteiger partial charge in [0.05, 0.1) is 5.69 Å². The lowest BCUT2D eigenvalue weighted by molar-refractivity contribution is -0.0675. The van der Waals surface area contributed by atoms with E-state index in [-0.39, 0.29) is 6.61 Å². The predicted octanol–water partition coefficient (Wildman–Crippen LogP) is 4.36. The third kappa shape index (κ3) is 4.77. The van der Waals surface area contributed by atoms with Crippen LogP contribution in [-0.4, -0.2) is 33.3 Å². The Labute approximate surface area is 170 Å². The zero-order valence-corrected chi connectivity index (χ0v) is 17.0. The molecule has 1 atom stereocenters. The average Bonchev–Trinajstić information content (AvgIpc) is 2.72. The fourth-order valence-electron chi connectivity index (χ4n) is 3.13. The second-order valence-electron chi connectivity index (χ2n) is 8.00. The minimum absolute atomic E-state index is 0.00901. The maximum absolute atomic E-state index is 12.2. The highest BCUT2D eigenvalue weighted by atomic mass is 19.1. The van der Waals surface area contributed by atoms with Crippen LogP contribution in [0, 0.1) is 5.41 Å². The van der Waals surface area contributed by atoms with Crippen LogP contribution in [0.25, 0.3) is 11.1 Å². The zero-order valence-electron chi connectivity index (χ0n) is 17.0. The molecule has 0 spiro atoms. The van der Waals surface area contributed by atoms with Gasteiger partial charge in [0.1, 0.15) is 18.9 Å². The molecule has 3 aromatic rings. The minimum atomic E-state index is -1.16. The van der Waals surface area contributed by atoms with Gasteiger partial charge < -0.3 is 9.84 Å². The molecule has 29 heavy (non-hydrogen) atoms. The predicted molar refractivity (Wildman–Crippen MR) is 110 cm³/mol. The molecule has 0 aromatic carbocycles. The van der Waals surface area contributed by atoms with Crippen LogP contribution in [0.1, 0.15) is 32.0 Å². The van der Waals surface area contributed by atoms with Crippen LogP contribution in [-0.2, 0) is 12.0 Å². The summed E-state index contributed by atoms with van der Waals surface area (Å²) >= 11 is 0. The van der Waals surface area contributed by atoms with E-state index < -0.39 is 17.7 Å². The second-order valence-corrected chi connectivity index (χ2v) is 8.00. The van der Waals surface area contributed by atoms with E-state index in [0.717, 1.165) is 16.7 Å². The van der Waals surface area contributed by atoms with Gasteiger partial charge in [-0.15, -0.1) is 0 Å². The lowest BCUT2D eigenvalue weighted by atomic mass is 9.71. The number of halogens is 1. The number of pyridine rings is 3. The Kier molecular flexibility index (Phi) is 6.23. The molecule has 0 aliphatic rings. The molecule has 152 valence electrons. The van der Waals surface area contributed by atoms with E-state index >= 15 is 0 Å². The lowest BCUT2D eigenvalue weighted by Crippen LogP contribution is -2.42. The van der Waals surface area contributed by atoms with E-state index in [2.05, 4.69) is 15.0 Å². The molecule has 6 heteroatoms. The molecule has 1 N–H and O–H groups in total. The highest BCUT2D eigenvalue weighted by molar-refractivity contribution is 5.61. The van der Waals surface area contributed by atoms with Crippen LogP contribution in [0.3, 0.4) is 0 Å². The summed E-state index contributed by atoms with van der Waals surface area (Å²) in [5, 5.41) is 11.6. The molecule has 0 amide bonds. The van der Waals surface area contributed by atoms with Gasteiger partial charge in [0.2, 0.25) is 5.88 Å². The summed E-state index contributed by atoms with van der Waals surface area (Å²) in [6.45, 7) is 5.44. The average molecular weight is 395 g/mol. The van der Waals surface area contributed by atoms with Crippen LogP contribution in [0.5, 0.6) is 5.88 Å². The first kappa shape index (κ1) is 20.9. The summed E-state index contributed by atoms with van der Waals surface area (Å²) in [5.74, 6) is 0.384. The summed E-state index contributed by atoms with van der Waals surface area (Å²) < 4.78 is 17.4. The fraction of sp³-hybridized carbons (Fsp3) is 0.348. The third-order valence-corrected chi connectivity index (χ3v) is 5.01. The standard InChI is InChI=1S/C23H26FN3O2/c1-22(2,3)23(28,13-17-5-4-11-25-14-17)20-8-6-18(15-26-20)19-7-9-21(27-16-19)29-12-10-24/h4-9,11,14-16,28H,10,12-13H2,1-3H3. The Morgan fingerprint density at radius 2 is 1.69 bits per heavy atom. The molecule has 3 aromatic heterocycles. The molecule has 1 unspecified atom stereocenters. The molecule has 0 saturated heterocycles. The fourth-order valence-corrected chi connectivity index (χ4v) is 3.13. The van der Waals surface area contributed by atoms with E-state index in [1.165, 1.54) is 0 Å². The molecule has 0 aliphatic carbocycles. The summed E-state index contributed by atoms with van der Waals surface area (Å²) in [4.78, 5) is 12.9. The molecule has 0 bridgehead atoms. The van der Waals surface area contributed by atoms with Crippen molar-refractivity contribution in [2.45, 2.75) is 32.8 Å². The lowest BCUT2D eigenvalue weighted by Gasteiger charge is -2.40. The maximum Gasteiger partial charge on any atom is 0.213 e. The molecular weight excluding hydrogens is 369 g/mol. The number of hydrogen-bond acceptors (Lipinski definition) is 5. The molecule has 5 nitrogen and oxygen atoms in total. The van der Waals surface area contributed by atoms with Gasteiger partial charge in [-0.1, -0.05) is 32.9 Å². The maximum atomic E-state index is 12.2. The number of aromatic nitrogens is 3. The topological polar surface area (TPSA) is 68.1 Å². The van der Waals surface area contributed by atoms with Crippen molar-refractivity contribution in [3.05, 3.63) is 72.4 Å². The highest BCUT2D eigenvalue weighted by Gasteiger charge is 2.43. The summed E-state index contributed by atoms with van der Waals surface area (Å²) in [5.41, 5.74) is 1.70. The molecule has 3 rings (SSSR count). The first-order chi connectivity index (χ1) is 13.8. The third-order valence-electron chi connectivity index (χ3n) is 5.01. The molecule has 0 saturated carbocycles. The van der Waals surface area contributed by atoms with Crippen LogP contribution >= 0.6 is 0 Å². The quantitative estimate of drug-likeness (QED) is 0.644. The second kappa shape index (κ2) is 8.66. The van der Waals surface area contributed by atoms with E-state index in [4.69, 9.17) is 4.74 Å². The van der Waals surface area contributed by atoms with Crippen LogP contribution in [0.2, 0.25) is 0 Å². The van der Waals surface area contributed by atoms with E-state index in [9.17, 15) is 9.50 Å². The number of nitrogens with zero attached hydrogens (tertiary/aromatic N) is 3. The highest BCUT2D eigenvalue weighted by Crippen LogP contribution is 2.41. The van der Waals surface area contributed by atoms with E-state index in [1.54, 1.807) is 30.9 Å².